The van der Waals surface area contributed by atoms with E-state index in [-0.39, 0.29) is 29.7 Å². The van der Waals surface area contributed by atoms with Crippen molar-refractivity contribution in [2.24, 2.45) is 5.92 Å². The quantitative estimate of drug-likeness (QED) is 0.787. The third kappa shape index (κ3) is 3.97. The van der Waals surface area contributed by atoms with E-state index in [1.165, 1.54) is 17.4 Å². The molecule has 2 aliphatic rings. The number of ether oxygens (including phenoxy) is 1. The predicted molar refractivity (Wildman–Crippen MR) is 105 cm³/mol. The zero-order valence-corrected chi connectivity index (χ0v) is 16.7. The van der Waals surface area contributed by atoms with Gasteiger partial charge in [0.2, 0.25) is 11.8 Å². The van der Waals surface area contributed by atoms with Gasteiger partial charge in [-0.25, -0.2) is 4.39 Å². The van der Waals surface area contributed by atoms with Crippen LogP contribution >= 0.6 is 11.3 Å². The Hall–Kier alpha value is -2.22. The molecule has 0 bridgehead atoms. The smallest absolute Gasteiger partial charge is 0.274 e. The van der Waals surface area contributed by atoms with Gasteiger partial charge in [0.15, 0.2) is 0 Å². The first kappa shape index (κ1) is 19.1. The van der Waals surface area contributed by atoms with Crippen molar-refractivity contribution in [3.63, 3.8) is 0 Å². The van der Waals surface area contributed by atoms with Crippen LogP contribution in [0.15, 0.2) is 18.2 Å². The molecule has 2 aromatic rings. The van der Waals surface area contributed by atoms with Crippen molar-refractivity contribution in [1.82, 2.24) is 14.8 Å². The van der Waals surface area contributed by atoms with Crippen LogP contribution in [0, 0.1) is 11.7 Å². The van der Waals surface area contributed by atoms with Crippen LogP contribution in [-0.2, 0) is 9.59 Å². The number of halogens is 1. The third-order valence-electron chi connectivity index (χ3n) is 5.66. The van der Waals surface area contributed by atoms with Gasteiger partial charge in [0.05, 0.1) is 4.70 Å². The van der Waals surface area contributed by atoms with Gasteiger partial charge >= 0.3 is 0 Å². The minimum Gasteiger partial charge on any atom is -0.467 e. The van der Waals surface area contributed by atoms with Crippen LogP contribution in [0.4, 0.5) is 4.39 Å². The van der Waals surface area contributed by atoms with Gasteiger partial charge in [-0.3, -0.25) is 9.59 Å². The molecule has 2 amide bonds. The number of hydrogen-bond acceptors (Lipinski definition) is 5. The number of hydrogen-bond donors (Lipinski definition) is 0. The molecule has 6 nitrogen and oxygen atoms in total. The van der Waals surface area contributed by atoms with Gasteiger partial charge in [0.25, 0.3) is 5.19 Å². The number of benzene rings is 1. The van der Waals surface area contributed by atoms with E-state index >= 15 is 0 Å². The summed E-state index contributed by atoms with van der Waals surface area (Å²) in [6.45, 7) is 4.23. The SMILES string of the molecule is CC(=O)N1CCC(C(=O)N2CCC(Oc3nc4c(F)cccc4s3)CC2)CC1. The van der Waals surface area contributed by atoms with Gasteiger partial charge in [0.1, 0.15) is 17.4 Å². The second kappa shape index (κ2) is 8.03. The number of aromatic nitrogens is 1. The van der Waals surface area contributed by atoms with Crippen molar-refractivity contribution < 1.29 is 18.7 Å². The molecular weight excluding hydrogens is 381 g/mol. The minimum atomic E-state index is -0.333. The molecule has 4 rings (SSSR count). The highest BCUT2D eigenvalue weighted by molar-refractivity contribution is 7.20. The maximum atomic E-state index is 13.8. The predicted octanol–water partition coefficient (Wildman–Crippen LogP) is 3.06. The van der Waals surface area contributed by atoms with Crippen molar-refractivity contribution >= 4 is 33.4 Å². The highest BCUT2D eigenvalue weighted by Gasteiger charge is 2.32. The summed E-state index contributed by atoms with van der Waals surface area (Å²) in [7, 11) is 0. The number of thiazole rings is 1. The zero-order valence-electron chi connectivity index (χ0n) is 15.9. The molecule has 0 atom stereocenters. The molecule has 3 heterocycles. The number of piperidine rings is 2. The fraction of sp³-hybridized carbons (Fsp3) is 0.550. The first-order chi connectivity index (χ1) is 13.5. The molecule has 28 heavy (non-hydrogen) atoms. The summed E-state index contributed by atoms with van der Waals surface area (Å²) in [5.41, 5.74) is 0.354. The third-order valence-corrected chi connectivity index (χ3v) is 6.57. The zero-order chi connectivity index (χ0) is 19.7. The molecule has 2 aliphatic heterocycles. The van der Waals surface area contributed by atoms with E-state index < -0.39 is 0 Å². The Bertz CT molecular complexity index is 871. The number of fused-ring (bicyclic) bond motifs is 1. The minimum absolute atomic E-state index is 0.00719. The summed E-state index contributed by atoms with van der Waals surface area (Å²) >= 11 is 1.35. The van der Waals surface area contributed by atoms with Gasteiger partial charge in [-0.05, 0) is 25.0 Å². The Balaban J connectivity index is 1.29. The molecule has 0 aliphatic carbocycles. The second-order valence-electron chi connectivity index (χ2n) is 7.49. The van der Waals surface area contributed by atoms with E-state index in [0.29, 0.717) is 36.9 Å². The molecule has 2 fully saturated rings. The average molecular weight is 405 g/mol. The lowest BCUT2D eigenvalue weighted by atomic mass is 9.94. The van der Waals surface area contributed by atoms with E-state index in [4.69, 9.17) is 4.74 Å². The van der Waals surface area contributed by atoms with Crippen molar-refractivity contribution in [2.45, 2.75) is 38.7 Å². The van der Waals surface area contributed by atoms with Gasteiger partial charge in [-0.15, -0.1) is 0 Å². The van der Waals surface area contributed by atoms with Crippen molar-refractivity contribution in [3.05, 3.63) is 24.0 Å². The summed E-state index contributed by atoms with van der Waals surface area (Å²) in [4.78, 5) is 32.2. The Kier molecular flexibility index (Phi) is 5.48. The molecule has 0 spiro atoms. The lowest BCUT2D eigenvalue weighted by Gasteiger charge is -2.36. The molecule has 0 radical (unpaired) electrons. The highest BCUT2D eigenvalue weighted by Crippen LogP contribution is 2.31. The summed E-state index contributed by atoms with van der Waals surface area (Å²) < 4.78 is 20.5. The Morgan fingerprint density at radius 1 is 1.11 bits per heavy atom. The Morgan fingerprint density at radius 3 is 2.43 bits per heavy atom. The summed E-state index contributed by atoms with van der Waals surface area (Å²) in [5, 5.41) is 0.487. The lowest BCUT2D eigenvalue weighted by molar-refractivity contribution is -0.141. The van der Waals surface area contributed by atoms with Gasteiger partial charge in [0, 0.05) is 51.9 Å². The summed E-state index contributed by atoms with van der Waals surface area (Å²) in [5.74, 6) is -0.0394. The van der Waals surface area contributed by atoms with Gasteiger partial charge < -0.3 is 14.5 Å². The van der Waals surface area contributed by atoms with Crippen LogP contribution in [0.1, 0.15) is 32.6 Å². The average Bonchev–Trinajstić information content (AvgIpc) is 3.12. The molecule has 1 aromatic carbocycles. The van der Waals surface area contributed by atoms with Crippen LogP contribution in [0.3, 0.4) is 0 Å². The van der Waals surface area contributed by atoms with Crippen LogP contribution < -0.4 is 4.74 Å². The molecule has 0 saturated carbocycles. The molecule has 0 unspecified atom stereocenters. The first-order valence-electron chi connectivity index (χ1n) is 9.77. The molecule has 0 N–H and O–H groups in total. The van der Waals surface area contributed by atoms with Crippen LogP contribution in [-0.4, -0.2) is 58.9 Å². The summed E-state index contributed by atoms with van der Waals surface area (Å²) in [6.07, 6.45) is 2.97. The number of nitrogens with zero attached hydrogens (tertiary/aromatic N) is 3. The fourth-order valence-corrected chi connectivity index (χ4v) is 4.88. The standard InChI is InChI=1S/C20H24FN3O3S/c1-13(25)23-9-5-14(6-10-23)19(26)24-11-7-15(8-12-24)27-20-22-18-16(21)3-2-4-17(18)28-20/h2-4,14-15H,5-12H2,1H3. The van der Waals surface area contributed by atoms with E-state index in [1.54, 1.807) is 13.0 Å². The molecule has 150 valence electrons. The topological polar surface area (TPSA) is 62.7 Å². The fourth-order valence-electron chi connectivity index (χ4n) is 3.98. The number of rotatable bonds is 3. The highest BCUT2D eigenvalue weighted by atomic mass is 32.1. The van der Waals surface area contributed by atoms with Gasteiger partial charge in [-0.1, -0.05) is 17.4 Å². The van der Waals surface area contributed by atoms with Crippen molar-refractivity contribution in [2.75, 3.05) is 26.2 Å². The van der Waals surface area contributed by atoms with Crippen LogP contribution in [0.5, 0.6) is 5.19 Å². The summed E-state index contributed by atoms with van der Waals surface area (Å²) in [6, 6.07) is 4.91. The second-order valence-corrected chi connectivity index (χ2v) is 8.48. The normalized spacial score (nSPS) is 19.2. The number of likely N-dealkylation sites (tertiary alicyclic amines) is 2. The Labute approximate surface area is 167 Å². The first-order valence-corrected chi connectivity index (χ1v) is 10.6. The van der Waals surface area contributed by atoms with E-state index in [0.717, 1.165) is 30.4 Å². The van der Waals surface area contributed by atoms with E-state index in [1.807, 2.05) is 15.9 Å². The maximum absolute atomic E-state index is 13.8. The molecule has 2 saturated heterocycles. The van der Waals surface area contributed by atoms with E-state index in [2.05, 4.69) is 4.98 Å². The monoisotopic (exact) mass is 405 g/mol. The van der Waals surface area contributed by atoms with Crippen LogP contribution in [0.25, 0.3) is 10.2 Å². The largest absolute Gasteiger partial charge is 0.467 e. The molecular formula is C20H24FN3O3S. The van der Waals surface area contributed by atoms with E-state index in [9.17, 15) is 14.0 Å². The molecule has 8 heteroatoms. The maximum Gasteiger partial charge on any atom is 0.274 e. The van der Waals surface area contributed by atoms with Crippen molar-refractivity contribution in [1.29, 1.82) is 0 Å². The van der Waals surface area contributed by atoms with Gasteiger partial charge in [-0.2, -0.15) is 4.98 Å². The number of para-hydroxylation sites is 1. The number of amides is 2. The van der Waals surface area contributed by atoms with Crippen molar-refractivity contribution in [3.8, 4) is 5.19 Å². The van der Waals surface area contributed by atoms with Crippen LogP contribution in [0.2, 0.25) is 0 Å². The number of carbonyl (C=O) groups excluding carboxylic acids is 2. The molecule has 1 aromatic heterocycles. The number of carbonyl (C=O) groups is 2. The lowest BCUT2D eigenvalue weighted by Crippen LogP contribution is -2.47. The Morgan fingerprint density at radius 2 is 1.79 bits per heavy atom.